The van der Waals surface area contributed by atoms with E-state index in [0.29, 0.717) is 0 Å². The molecule has 0 unspecified atom stereocenters. The molecule has 0 amide bonds. The molecule has 0 saturated carbocycles. The minimum atomic E-state index is 0.732. The molecule has 56 valence electrons. The molecular weight excluding hydrogens is 142 g/mol. The molecule has 0 aliphatic rings. The van der Waals surface area contributed by atoms with Gasteiger partial charge < -0.3 is 5.73 Å². The molecule has 0 radical (unpaired) electrons. The molecule has 2 heteroatoms. The van der Waals surface area contributed by atoms with Crippen LogP contribution in [0.3, 0.4) is 0 Å². The van der Waals surface area contributed by atoms with Gasteiger partial charge in [-0.15, -0.1) is 12.6 Å². The van der Waals surface area contributed by atoms with Crippen molar-refractivity contribution >= 4 is 18.3 Å². The molecule has 0 fully saturated rings. The van der Waals surface area contributed by atoms with Gasteiger partial charge in [0.05, 0.1) is 0 Å². The first-order valence-corrected chi connectivity index (χ1v) is 3.79. The summed E-state index contributed by atoms with van der Waals surface area (Å²) in [7, 11) is 0. The third-order valence-corrected chi connectivity index (χ3v) is 1.34. The maximum Gasteiger partial charge on any atom is 0.0449 e. The number of rotatable bonds is 0. The third kappa shape index (κ3) is 2.78. The molecule has 0 spiro atoms. The van der Waals surface area contributed by atoms with Gasteiger partial charge in [0.15, 0.2) is 0 Å². The van der Waals surface area contributed by atoms with Crippen molar-refractivity contribution in [3.8, 4) is 0 Å². The predicted octanol–water partition coefficient (Wildman–Crippen LogP) is 2.58. The van der Waals surface area contributed by atoms with Crippen LogP contribution in [0.5, 0.6) is 0 Å². The Bertz CT molecular complexity index is 165. The van der Waals surface area contributed by atoms with Crippen LogP contribution in [0.2, 0.25) is 0 Å². The minimum absolute atomic E-state index is 0.732. The summed E-state index contributed by atoms with van der Waals surface area (Å²) in [6.45, 7) is 4.00. The standard InChI is InChI=1S/C6H7NS.C2H6/c7-5-3-1-2-4-6(5)8;1-2/h1-4,8H,7H2;1-2H3. The van der Waals surface area contributed by atoms with Gasteiger partial charge in [-0.2, -0.15) is 0 Å². The Morgan fingerprint density at radius 3 is 2.00 bits per heavy atom. The van der Waals surface area contributed by atoms with E-state index in [9.17, 15) is 0 Å². The van der Waals surface area contributed by atoms with E-state index in [2.05, 4.69) is 12.6 Å². The molecule has 0 aliphatic heterocycles. The van der Waals surface area contributed by atoms with Gasteiger partial charge in [0.25, 0.3) is 0 Å². The highest BCUT2D eigenvalue weighted by Gasteiger charge is 1.85. The Hall–Kier alpha value is -0.630. The number of hydrogen-bond acceptors (Lipinski definition) is 2. The molecule has 1 aromatic carbocycles. The van der Waals surface area contributed by atoms with Crippen LogP contribution in [0.15, 0.2) is 29.2 Å². The van der Waals surface area contributed by atoms with Crippen LogP contribution in [0.4, 0.5) is 5.69 Å². The average molecular weight is 155 g/mol. The first-order chi connectivity index (χ1) is 4.80. The lowest BCUT2D eigenvalue weighted by molar-refractivity contribution is 1.48. The molecule has 1 nitrogen and oxygen atoms in total. The van der Waals surface area contributed by atoms with Crippen LogP contribution in [-0.2, 0) is 0 Å². The zero-order chi connectivity index (χ0) is 7.98. The zero-order valence-corrected chi connectivity index (χ0v) is 7.23. The topological polar surface area (TPSA) is 26.0 Å². The van der Waals surface area contributed by atoms with Crippen LogP contribution in [0.25, 0.3) is 0 Å². The highest BCUT2D eigenvalue weighted by atomic mass is 32.1. The van der Waals surface area contributed by atoms with Crippen molar-refractivity contribution in [2.45, 2.75) is 18.7 Å². The van der Waals surface area contributed by atoms with Gasteiger partial charge in [-0.25, -0.2) is 0 Å². The second kappa shape index (κ2) is 5.18. The number of thiol groups is 1. The maximum absolute atomic E-state index is 5.44. The fraction of sp³-hybridized carbons (Fsp3) is 0.250. The van der Waals surface area contributed by atoms with E-state index in [0.717, 1.165) is 10.6 Å². The van der Waals surface area contributed by atoms with Crippen molar-refractivity contribution in [3.63, 3.8) is 0 Å². The summed E-state index contributed by atoms with van der Waals surface area (Å²) in [6, 6.07) is 7.47. The lowest BCUT2D eigenvalue weighted by Gasteiger charge is -1.92. The first kappa shape index (κ1) is 9.37. The molecule has 1 aromatic rings. The predicted molar refractivity (Wildman–Crippen MR) is 49.5 cm³/mol. The average Bonchev–Trinajstić information content (AvgIpc) is 2.00. The van der Waals surface area contributed by atoms with Crippen molar-refractivity contribution in [2.75, 3.05) is 5.73 Å². The Balaban J connectivity index is 0.000000371. The molecule has 0 aromatic heterocycles. The van der Waals surface area contributed by atoms with Crippen molar-refractivity contribution in [2.24, 2.45) is 0 Å². The van der Waals surface area contributed by atoms with Gasteiger partial charge in [0.2, 0.25) is 0 Å². The molecule has 0 aliphatic carbocycles. The monoisotopic (exact) mass is 155 g/mol. The lowest BCUT2D eigenvalue weighted by atomic mass is 10.3. The maximum atomic E-state index is 5.44. The van der Waals surface area contributed by atoms with Crippen LogP contribution < -0.4 is 5.73 Å². The smallest absolute Gasteiger partial charge is 0.0449 e. The number of para-hydroxylation sites is 1. The van der Waals surface area contributed by atoms with Crippen LogP contribution in [0, 0.1) is 0 Å². The third-order valence-electron chi connectivity index (χ3n) is 0.937. The summed E-state index contributed by atoms with van der Waals surface area (Å²) in [5, 5.41) is 0. The van der Waals surface area contributed by atoms with Crippen molar-refractivity contribution < 1.29 is 0 Å². The second-order valence-corrected chi connectivity index (χ2v) is 2.04. The van der Waals surface area contributed by atoms with E-state index in [1.54, 1.807) is 0 Å². The Morgan fingerprint density at radius 1 is 1.20 bits per heavy atom. The summed E-state index contributed by atoms with van der Waals surface area (Å²) in [6.07, 6.45) is 0. The van der Waals surface area contributed by atoms with E-state index in [1.807, 2.05) is 38.1 Å². The highest BCUT2D eigenvalue weighted by Crippen LogP contribution is 2.13. The Morgan fingerprint density at radius 2 is 1.70 bits per heavy atom. The number of benzene rings is 1. The summed E-state index contributed by atoms with van der Waals surface area (Å²) < 4.78 is 0. The van der Waals surface area contributed by atoms with E-state index < -0.39 is 0 Å². The van der Waals surface area contributed by atoms with E-state index in [4.69, 9.17) is 5.73 Å². The van der Waals surface area contributed by atoms with Gasteiger partial charge >= 0.3 is 0 Å². The van der Waals surface area contributed by atoms with E-state index in [1.165, 1.54) is 0 Å². The van der Waals surface area contributed by atoms with E-state index >= 15 is 0 Å². The number of hydrogen-bond donors (Lipinski definition) is 2. The number of nitrogens with two attached hydrogens (primary N) is 1. The van der Waals surface area contributed by atoms with Crippen LogP contribution in [-0.4, -0.2) is 0 Å². The summed E-state index contributed by atoms with van der Waals surface area (Å²) in [5.41, 5.74) is 6.18. The minimum Gasteiger partial charge on any atom is -0.398 e. The fourth-order valence-corrected chi connectivity index (χ4v) is 0.648. The Kier molecular flexibility index (Phi) is 4.85. The number of anilines is 1. The van der Waals surface area contributed by atoms with Crippen LogP contribution >= 0.6 is 12.6 Å². The largest absolute Gasteiger partial charge is 0.398 e. The Labute approximate surface area is 67.7 Å². The quantitative estimate of drug-likeness (QED) is 0.437. The zero-order valence-electron chi connectivity index (χ0n) is 6.33. The molecule has 0 saturated heterocycles. The molecule has 0 bridgehead atoms. The van der Waals surface area contributed by atoms with Gasteiger partial charge in [-0.3, -0.25) is 0 Å². The highest BCUT2D eigenvalue weighted by molar-refractivity contribution is 7.80. The fourth-order valence-electron chi connectivity index (χ4n) is 0.488. The molecule has 2 N–H and O–H groups in total. The molecule has 10 heavy (non-hydrogen) atoms. The second-order valence-electron chi connectivity index (χ2n) is 1.56. The van der Waals surface area contributed by atoms with Crippen molar-refractivity contribution in [1.82, 2.24) is 0 Å². The molecule has 1 rings (SSSR count). The molecular formula is C8H13NS. The first-order valence-electron chi connectivity index (χ1n) is 3.34. The van der Waals surface area contributed by atoms with Crippen molar-refractivity contribution in [3.05, 3.63) is 24.3 Å². The summed E-state index contributed by atoms with van der Waals surface area (Å²) in [5.74, 6) is 0. The van der Waals surface area contributed by atoms with Gasteiger partial charge in [-0.05, 0) is 12.1 Å². The van der Waals surface area contributed by atoms with Gasteiger partial charge in [0.1, 0.15) is 0 Å². The SMILES string of the molecule is CC.Nc1ccccc1S. The normalized spacial score (nSPS) is 7.90. The summed E-state index contributed by atoms with van der Waals surface area (Å²) in [4.78, 5) is 0.840. The summed E-state index contributed by atoms with van der Waals surface area (Å²) >= 11 is 4.07. The molecule has 0 heterocycles. The molecule has 0 atom stereocenters. The van der Waals surface area contributed by atoms with Crippen molar-refractivity contribution in [1.29, 1.82) is 0 Å². The van der Waals surface area contributed by atoms with Gasteiger partial charge in [-0.1, -0.05) is 26.0 Å². The number of nitrogen functional groups attached to an aromatic ring is 1. The van der Waals surface area contributed by atoms with E-state index in [-0.39, 0.29) is 0 Å². The van der Waals surface area contributed by atoms with Gasteiger partial charge in [0, 0.05) is 10.6 Å². The van der Waals surface area contributed by atoms with Crippen LogP contribution in [0.1, 0.15) is 13.8 Å². The lowest BCUT2D eigenvalue weighted by Crippen LogP contribution is -1.83.